The minimum Gasteiger partial charge on any atom is -0.271 e. The SMILES string of the molecule is Cc1cc(C)cc(CC(NN)c2cc(C)ccc2C)c1. The lowest BCUT2D eigenvalue weighted by Crippen LogP contribution is -2.30. The van der Waals surface area contributed by atoms with Crippen molar-refractivity contribution >= 4 is 0 Å². The Hall–Kier alpha value is -1.64. The maximum Gasteiger partial charge on any atom is 0.0503 e. The summed E-state index contributed by atoms with van der Waals surface area (Å²) in [7, 11) is 0. The van der Waals surface area contributed by atoms with Crippen LogP contribution in [-0.4, -0.2) is 0 Å². The van der Waals surface area contributed by atoms with Crippen molar-refractivity contribution in [1.29, 1.82) is 0 Å². The third-order valence-electron chi connectivity index (χ3n) is 3.73. The highest BCUT2D eigenvalue weighted by atomic mass is 15.2. The van der Waals surface area contributed by atoms with E-state index in [0.717, 1.165) is 6.42 Å². The molecule has 20 heavy (non-hydrogen) atoms. The van der Waals surface area contributed by atoms with Gasteiger partial charge in [-0.15, -0.1) is 0 Å². The highest BCUT2D eigenvalue weighted by Crippen LogP contribution is 2.23. The van der Waals surface area contributed by atoms with E-state index in [0.29, 0.717) is 0 Å². The monoisotopic (exact) mass is 268 g/mol. The Labute approximate surface area is 122 Å². The Balaban J connectivity index is 2.31. The van der Waals surface area contributed by atoms with E-state index in [1.807, 2.05) is 0 Å². The molecule has 0 aliphatic carbocycles. The summed E-state index contributed by atoms with van der Waals surface area (Å²) in [4.78, 5) is 0. The summed E-state index contributed by atoms with van der Waals surface area (Å²) in [5, 5.41) is 0. The number of benzene rings is 2. The molecule has 1 unspecified atom stereocenters. The van der Waals surface area contributed by atoms with E-state index in [1.54, 1.807) is 0 Å². The van der Waals surface area contributed by atoms with Gasteiger partial charge in [0.1, 0.15) is 0 Å². The van der Waals surface area contributed by atoms with Crippen molar-refractivity contribution in [3.8, 4) is 0 Å². The highest BCUT2D eigenvalue weighted by molar-refractivity contribution is 5.35. The normalized spacial score (nSPS) is 12.4. The van der Waals surface area contributed by atoms with Crippen LogP contribution in [0.2, 0.25) is 0 Å². The number of nitrogens with two attached hydrogens (primary N) is 1. The lowest BCUT2D eigenvalue weighted by Gasteiger charge is -2.20. The summed E-state index contributed by atoms with van der Waals surface area (Å²) in [6.45, 7) is 8.53. The quantitative estimate of drug-likeness (QED) is 0.656. The second kappa shape index (κ2) is 6.21. The van der Waals surface area contributed by atoms with Gasteiger partial charge in [0.2, 0.25) is 0 Å². The molecule has 3 N–H and O–H groups in total. The fourth-order valence-corrected chi connectivity index (χ4v) is 2.82. The minimum absolute atomic E-state index is 0.149. The third kappa shape index (κ3) is 3.47. The molecule has 0 spiro atoms. The van der Waals surface area contributed by atoms with E-state index in [9.17, 15) is 0 Å². The Morgan fingerprint density at radius 1 is 0.900 bits per heavy atom. The fraction of sp³-hybridized carbons (Fsp3) is 0.333. The van der Waals surface area contributed by atoms with Crippen LogP contribution in [0.4, 0.5) is 0 Å². The number of hydrogen-bond acceptors (Lipinski definition) is 2. The van der Waals surface area contributed by atoms with Crippen molar-refractivity contribution in [2.75, 3.05) is 0 Å². The van der Waals surface area contributed by atoms with Crippen molar-refractivity contribution in [3.05, 3.63) is 69.8 Å². The van der Waals surface area contributed by atoms with E-state index in [2.05, 4.69) is 69.5 Å². The standard InChI is InChI=1S/C18H24N2/c1-12-5-6-15(4)17(10-12)18(20-19)11-16-8-13(2)7-14(3)9-16/h5-10,18,20H,11,19H2,1-4H3. The summed E-state index contributed by atoms with van der Waals surface area (Å²) in [6.07, 6.45) is 0.906. The molecule has 0 heterocycles. The summed E-state index contributed by atoms with van der Waals surface area (Å²) >= 11 is 0. The fourth-order valence-electron chi connectivity index (χ4n) is 2.82. The van der Waals surface area contributed by atoms with Gasteiger partial charge >= 0.3 is 0 Å². The van der Waals surface area contributed by atoms with Crippen LogP contribution in [0.5, 0.6) is 0 Å². The van der Waals surface area contributed by atoms with Crippen molar-refractivity contribution < 1.29 is 0 Å². The third-order valence-corrected chi connectivity index (χ3v) is 3.73. The van der Waals surface area contributed by atoms with Gasteiger partial charge in [0.05, 0.1) is 6.04 Å². The molecule has 0 saturated carbocycles. The molecule has 106 valence electrons. The topological polar surface area (TPSA) is 38.0 Å². The number of hydrazine groups is 1. The molecule has 0 saturated heterocycles. The zero-order valence-electron chi connectivity index (χ0n) is 12.8. The van der Waals surface area contributed by atoms with E-state index >= 15 is 0 Å². The van der Waals surface area contributed by atoms with Gasteiger partial charge in [0.15, 0.2) is 0 Å². The zero-order chi connectivity index (χ0) is 14.7. The number of aryl methyl sites for hydroxylation is 4. The summed E-state index contributed by atoms with van der Waals surface area (Å²) in [6, 6.07) is 13.4. The first-order valence-corrected chi connectivity index (χ1v) is 7.10. The lowest BCUT2D eigenvalue weighted by atomic mass is 9.93. The molecular weight excluding hydrogens is 244 g/mol. The van der Waals surface area contributed by atoms with E-state index in [4.69, 9.17) is 5.84 Å². The summed E-state index contributed by atoms with van der Waals surface area (Å²) < 4.78 is 0. The van der Waals surface area contributed by atoms with Crippen LogP contribution in [0.25, 0.3) is 0 Å². The molecule has 0 aliphatic rings. The van der Waals surface area contributed by atoms with E-state index in [1.165, 1.54) is 33.4 Å². The van der Waals surface area contributed by atoms with Gasteiger partial charge in [-0.2, -0.15) is 0 Å². The Morgan fingerprint density at radius 3 is 2.15 bits per heavy atom. The molecule has 2 heteroatoms. The van der Waals surface area contributed by atoms with Crippen LogP contribution >= 0.6 is 0 Å². The average molecular weight is 268 g/mol. The number of hydrogen-bond donors (Lipinski definition) is 2. The number of nitrogens with one attached hydrogen (secondary N) is 1. The van der Waals surface area contributed by atoms with Crippen LogP contribution in [0.15, 0.2) is 36.4 Å². The molecular formula is C18H24N2. The van der Waals surface area contributed by atoms with Gasteiger partial charge in [-0.1, -0.05) is 53.1 Å². The molecule has 2 aromatic rings. The summed E-state index contributed by atoms with van der Waals surface area (Å²) in [5.41, 5.74) is 10.7. The lowest BCUT2D eigenvalue weighted by molar-refractivity contribution is 0.549. The van der Waals surface area contributed by atoms with Gasteiger partial charge in [-0.05, 0) is 50.8 Å². The van der Waals surface area contributed by atoms with Crippen LogP contribution in [0.3, 0.4) is 0 Å². The van der Waals surface area contributed by atoms with Gasteiger partial charge in [-0.3, -0.25) is 11.3 Å². The molecule has 0 radical (unpaired) electrons. The molecule has 2 aromatic carbocycles. The number of rotatable bonds is 4. The van der Waals surface area contributed by atoms with Gasteiger partial charge in [-0.25, -0.2) is 0 Å². The molecule has 0 amide bonds. The Morgan fingerprint density at radius 2 is 1.55 bits per heavy atom. The smallest absolute Gasteiger partial charge is 0.0503 e. The van der Waals surface area contributed by atoms with E-state index in [-0.39, 0.29) is 6.04 Å². The van der Waals surface area contributed by atoms with Crippen molar-refractivity contribution in [2.45, 2.75) is 40.2 Å². The van der Waals surface area contributed by atoms with Gasteiger partial charge in [0.25, 0.3) is 0 Å². The highest BCUT2D eigenvalue weighted by Gasteiger charge is 2.13. The average Bonchev–Trinajstić information content (AvgIpc) is 2.38. The first kappa shape index (κ1) is 14.8. The predicted octanol–water partition coefficient (Wildman–Crippen LogP) is 3.67. The van der Waals surface area contributed by atoms with Crippen LogP contribution in [0.1, 0.15) is 39.4 Å². The van der Waals surface area contributed by atoms with Crippen LogP contribution in [-0.2, 0) is 6.42 Å². The maximum atomic E-state index is 5.80. The van der Waals surface area contributed by atoms with Gasteiger partial charge < -0.3 is 0 Å². The maximum absolute atomic E-state index is 5.80. The second-order valence-electron chi connectivity index (χ2n) is 5.78. The first-order chi connectivity index (χ1) is 9.49. The van der Waals surface area contributed by atoms with Crippen LogP contribution in [0, 0.1) is 27.7 Å². The largest absolute Gasteiger partial charge is 0.271 e. The van der Waals surface area contributed by atoms with Crippen molar-refractivity contribution in [3.63, 3.8) is 0 Å². The van der Waals surface area contributed by atoms with Crippen molar-refractivity contribution in [2.24, 2.45) is 5.84 Å². The molecule has 0 aliphatic heterocycles. The Bertz CT molecular complexity index is 582. The molecule has 1 atom stereocenters. The minimum atomic E-state index is 0.149. The first-order valence-electron chi connectivity index (χ1n) is 7.10. The predicted molar refractivity (Wildman–Crippen MR) is 85.6 cm³/mol. The molecule has 0 bridgehead atoms. The van der Waals surface area contributed by atoms with Crippen LogP contribution < -0.4 is 11.3 Å². The van der Waals surface area contributed by atoms with E-state index < -0.39 is 0 Å². The molecule has 2 rings (SSSR count). The van der Waals surface area contributed by atoms with Gasteiger partial charge in [0, 0.05) is 0 Å². The Kier molecular flexibility index (Phi) is 4.58. The molecule has 0 aromatic heterocycles. The molecule has 2 nitrogen and oxygen atoms in total. The molecule has 0 fully saturated rings. The second-order valence-corrected chi connectivity index (χ2v) is 5.78. The summed E-state index contributed by atoms with van der Waals surface area (Å²) in [5.74, 6) is 5.80. The zero-order valence-corrected chi connectivity index (χ0v) is 12.8. The van der Waals surface area contributed by atoms with Crippen molar-refractivity contribution in [1.82, 2.24) is 5.43 Å².